The van der Waals surface area contributed by atoms with Gasteiger partial charge in [-0.05, 0) is 49.4 Å². The molecule has 1 saturated carbocycles. The van der Waals surface area contributed by atoms with Crippen molar-refractivity contribution >= 4 is 58.3 Å². The van der Waals surface area contributed by atoms with Gasteiger partial charge in [-0.15, -0.1) is 0 Å². The minimum Gasteiger partial charge on any atom is -0.426 e. The summed E-state index contributed by atoms with van der Waals surface area (Å²) in [5.74, 6) is -1.84. The molecule has 0 aromatic heterocycles. The summed E-state index contributed by atoms with van der Waals surface area (Å²) in [5, 5.41) is 0.569. The van der Waals surface area contributed by atoms with Crippen LogP contribution in [-0.2, 0) is 19.2 Å². The molecule has 4 atom stereocenters. The van der Waals surface area contributed by atoms with Gasteiger partial charge in [0.15, 0.2) is 0 Å². The normalized spacial score (nSPS) is 26.3. The first kappa shape index (κ1) is 23.8. The number of carbonyl (C=O) groups is 4. The lowest BCUT2D eigenvalue weighted by molar-refractivity contribution is -0.139. The van der Waals surface area contributed by atoms with Gasteiger partial charge in [-0.25, -0.2) is 4.90 Å². The maximum absolute atomic E-state index is 13.0. The van der Waals surface area contributed by atoms with E-state index in [0.717, 1.165) is 6.42 Å². The average molecular weight is 515 g/mol. The van der Waals surface area contributed by atoms with Gasteiger partial charge in [-0.2, -0.15) is 0 Å². The van der Waals surface area contributed by atoms with Crippen LogP contribution in [-0.4, -0.2) is 30.2 Å². The summed E-state index contributed by atoms with van der Waals surface area (Å²) in [6.07, 6.45) is 2.34. The molecule has 2 aromatic rings. The van der Waals surface area contributed by atoms with E-state index in [1.165, 1.54) is 15.9 Å². The number of ether oxygens (including phenoxy) is 1. The number of hydrogen-bond donors (Lipinski definition) is 0. The lowest BCUT2D eigenvalue weighted by Gasteiger charge is -2.25. The van der Waals surface area contributed by atoms with E-state index in [1.807, 2.05) is 0 Å². The van der Waals surface area contributed by atoms with Crippen LogP contribution in [0, 0.1) is 23.7 Å². The maximum Gasteiger partial charge on any atom is 0.316 e. The van der Waals surface area contributed by atoms with E-state index in [2.05, 4.69) is 6.92 Å². The van der Waals surface area contributed by atoms with Gasteiger partial charge >= 0.3 is 5.97 Å². The zero-order chi connectivity index (χ0) is 24.9. The van der Waals surface area contributed by atoms with Gasteiger partial charge in [0.25, 0.3) is 0 Å². The van der Waals surface area contributed by atoms with Gasteiger partial charge in [0.05, 0.1) is 39.2 Å². The molecule has 1 aliphatic carbocycles. The van der Waals surface area contributed by atoms with Crippen LogP contribution in [0.1, 0.15) is 32.6 Å². The molecule has 2 aliphatic heterocycles. The van der Waals surface area contributed by atoms with Crippen LogP contribution in [0.2, 0.25) is 10.0 Å². The van der Waals surface area contributed by atoms with E-state index in [-0.39, 0.29) is 53.3 Å². The van der Waals surface area contributed by atoms with Gasteiger partial charge < -0.3 is 9.64 Å². The molecule has 2 saturated heterocycles. The van der Waals surface area contributed by atoms with Crippen LogP contribution in [0.3, 0.4) is 0 Å². The lowest BCUT2D eigenvalue weighted by atomic mass is 9.76. The van der Waals surface area contributed by atoms with Crippen molar-refractivity contribution in [1.82, 2.24) is 0 Å². The number of rotatable bonds is 4. The Morgan fingerprint density at radius 3 is 2.54 bits per heavy atom. The molecule has 0 radical (unpaired) electrons. The summed E-state index contributed by atoms with van der Waals surface area (Å²) < 4.78 is 5.57. The van der Waals surface area contributed by atoms with Crippen molar-refractivity contribution in [3.63, 3.8) is 0 Å². The SMILES string of the molecule is C[C@@H]1CC[C@@H]2C(=O)N(c3cccc(OC(=O)[C@@H]4CC(=O)N(c5cccc(Cl)c5Cl)C4)c3)C(=O)[C@H]2C1. The van der Waals surface area contributed by atoms with E-state index in [0.29, 0.717) is 35.2 Å². The Morgan fingerprint density at radius 1 is 1.00 bits per heavy atom. The van der Waals surface area contributed by atoms with Crippen LogP contribution in [0.5, 0.6) is 5.75 Å². The van der Waals surface area contributed by atoms with Crippen molar-refractivity contribution in [3.8, 4) is 5.75 Å². The number of nitrogens with zero attached hydrogens (tertiary/aromatic N) is 2. The van der Waals surface area contributed by atoms with E-state index in [4.69, 9.17) is 27.9 Å². The molecule has 0 spiro atoms. The molecule has 0 bridgehead atoms. The summed E-state index contributed by atoms with van der Waals surface area (Å²) in [5.41, 5.74) is 0.838. The molecular formula is C26H24Cl2N2O5. The highest BCUT2D eigenvalue weighted by atomic mass is 35.5. The number of carbonyl (C=O) groups excluding carboxylic acids is 4. The number of hydrogen-bond acceptors (Lipinski definition) is 5. The first-order chi connectivity index (χ1) is 16.7. The highest BCUT2D eigenvalue weighted by molar-refractivity contribution is 6.44. The Bertz CT molecular complexity index is 1230. The van der Waals surface area contributed by atoms with Gasteiger partial charge in [-0.3, -0.25) is 19.2 Å². The van der Waals surface area contributed by atoms with Crippen molar-refractivity contribution in [1.29, 1.82) is 0 Å². The first-order valence-corrected chi connectivity index (χ1v) is 12.4. The van der Waals surface area contributed by atoms with Gasteiger partial charge in [0.2, 0.25) is 17.7 Å². The second-order valence-electron chi connectivity index (χ2n) is 9.54. The Morgan fingerprint density at radius 2 is 1.74 bits per heavy atom. The topological polar surface area (TPSA) is 84.0 Å². The second-order valence-corrected chi connectivity index (χ2v) is 10.3. The highest BCUT2D eigenvalue weighted by Crippen LogP contribution is 2.42. The molecule has 3 amide bonds. The molecule has 3 aliphatic rings. The predicted octanol–water partition coefficient (Wildman–Crippen LogP) is 4.88. The van der Waals surface area contributed by atoms with Crippen LogP contribution < -0.4 is 14.5 Å². The Hall–Kier alpha value is -2.90. The van der Waals surface area contributed by atoms with Crippen molar-refractivity contribution in [2.24, 2.45) is 23.7 Å². The number of halogens is 2. The fourth-order valence-electron chi connectivity index (χ4n) is 5.33. The third kappa shape index (κ3) is 4.32. The van der Waals surface area contributed by atoms with Crippen LogP contribution >= 0.6 is 23.2 Å². The van der Waals surface area contributed by atoms with Gasteiger partial charge in [0.1, 0.15) is 5.75 Å². The third-order valence-electron chi connectivity index (χ3n) is 7.16. The molecule has 2 aromatic carbocycles. The van der Waals surface area contributed by atoms with Gasteiger partial charge in [-0.1, -0.05) is 42.3 Å². The third-order valence-corrected chi connectivity index (χ3v) is 7.97. The standard InChI is InChI=1S/C26H24Cl2N2O5/c1-14-8-9-18-19(10-14)25(33)30(24(18)32)16-4-2-5-17(12-16)35-26(34)15-11-22(31)29(13-15)21-7-3-6-20(27)23(21)28/h2-7,12,14-15,18-19H,8-11,13H2,1H3/t14-,15-,18+,19+/m1/s1. The molecule has 35 heavy (non-hydrogen) atoms. The molecule has 0 N–H and O–H groups in total. The van der Waals surface area contributed by atoms with E-state index in [1.54, 1.807) is 36.4 Å². The number of benzene rings is 2. The molecule has 9 heteroatoms. The fraction of sp³-hybridized carbons (Fsp3) is 0.385. The molecular weight excluding hydrogens is 491 g/mol. The molecule has 2 heterocycles. The Kier molecular flexibility index (Phi) is 6.32. The zero-order valence-corrected chi connectivity index (χ0v) is 20.6. The molecule has 5 rings (SSSR count). The summed E-state index contributed by atoms with van der Waals surface area (Å²) >= 11 is 12.3. The Balaban J connectivity index is 1.30. The highest BCUT2D eigenvalue weighted by Gasteiger charge is 2.50. The summed E-state index contributed by atoms with van der Waals surface area (Å²) in [6, 6.07) is 11.4. The first-order valence-electron chi connectivity index (χ1n) is 11.7. The van der Waals surface area contributed by atoms with E-state index in [9.17, 15) is 19.2 Å². The van der Waals surface area contributed by atoms with E-state index >= 15 is 0 Å². The molecule has 0 unspecified atom stereocenters. The number of anilines is 2. The lowest BCUT2D eigenvalue weighted by Crippen LogP contribution is -2.31. The summed E-state index contributed by atoms with van der Waals surface area (Å²) in [6.45, 7) is 2.22. The zero-order valence-electron chi connectivity index (χ0n) is 19.1. The Labute approximate surface area is 212 Å². The van der Waals surface area contributed by atoms with Crippen molar-refractivity contribution in [2.75, 3.05) is 16.3 Å². The number of amides is 3. The number of imide groups is 1. The van der Waals surface area contributed by atoms with Crippen LogP contribution in [0.4, 0.5) is 11.4 Å². The van der Waals surface area contributed by atoms with Crippen LogP contribution in [0.25, 0.3) is 0 Å². The molecule has 3 fully saturated rings. The molecule has 7 nitrogen and oxygen atoms in total. The number of fused-ring (bicyclic) bond motifs is 1. The minimum atomic E-state index is -0.694. The summed E-state index contributed by atoms with van der Waals surface area (Å²) in [4.78, 5) is 54.2. The summed E-state index contributed by atoms with van der Waals surface area (Å²) in [7, 11) is 0. The number of esters is 1. The van der Waals surface area contributed by atoms with Crippen molar-refractivity contribution in [2.45, 2.75) is 32.6 Å². The van der Waals surface area contributed by atoms with Crippen molar-refractivity contribution < 1.29 is 23.9 Å². The van der Waals surface area contributed by atoms with E-state index < -0.39 is 11.9 Å². The monoisotopic (exact) mass is 514 g/mol. The van der Waals surface area contributed by atoms with Crippen LogP contribution in [0.15, 0.2) is 42.5 Å². The van der Waals surface area contributed by atoms with Crippen molar-refractivity contribution in [3.05, 3.63) is 52.5 Å². The quantitative estimate of drug-likeness (QED) is 0.330. The van der Waals surface area contributed by atoms with Gasteiger partial charge in [0, 0.05) is 19.0 Å². The minimum absolute atomic E-state index is 0.0218. The largest absolute Gasteiger partial charge is 0.426 e. The maximum atomic E-state index is 13.0. The average Bonchev–Trinajstić information content (AvgIpc) is 3.33. The molecule has 182 valence electrons. The smallest absolute Gasteiger partial charge is 0.316 e. The second kappa shape index (κ2) is 9.28. The fourth-order valence-corrected chi connectivity index (χ4v) is 5.73. The predicted molar refractivity (Wildman–Crippen MR) is 131 cm³/mol.